The molecule has 1 N–H and O–H groups in total. The largest absolute Gasteiger partial charge is 0.311 e. The highest BCUT2D eigenvalue weighted by Gasteiger charge is 2.19. The molecule has 1 aliphatic rings. The van der Waals surface area contributed by atoms with E-state index >= 15 is 0 Å². The first kappa shape index (κ1) is 17.9. The first-order valence-corrected chi connectivity index (χ1v) is 10.4. The van der Waals surface area contributed by atoms with E-state index in [1.54, 1.807) is 17.5 Å². The number of hydrogen-bond acceptors (Lipinski definition) is 4. The van der Waals surface area contributed by atoms with Gasteiger partial charge in [-0.25, -0.2) is 9.67 Å². The van der Waals surface area contributed by atoms with Gasteiger partial charge >= 0.3 is 0 Å². The molecule has 0 radical (unpaired) electrons. The average molecular weight is 381 g/mol. The Morgan fingerprint density at radius 2 is 2.11 bits per heavy atom. The summed E-state index contributed by atoms with van der Waals surface area (Å²) in [6.45, 7) is 2.07. The molecule has 1 saturated carbocycles. The lowest BCUT2D eigenvalue weighted by atomic mass is 9.96. The van der Waals surface area contributed by atoms with Crippen LogP contribution in [0.2, 0.25) is 0 Å². The van der Waals surface area contributed by atoms with Crippen molar-refractivity contribution in [3.05, 3.63) is 53.2 Å². The van der Waals surface area contributed by atoms with Crippen LogP contribution >= 0.6 is 11.3 Å². The quantitative estimate of drug-likeness (QED) is 0.677. The normalized spacial score (nSPS) is 15.0. The molecular formula is C21H24N4OS. The van der Waals surface area contributed by atoms with E-state index in [0.29, 0.717) is 6.04 Å². The number of aryl methyl sites for hydroxylation is 1. The SMILES string of the molecule is Cc1cccc(-c2nc(CC(=O)Nc3ccnn3C3CCCCC3)cs2)c1. The Morgan fingerprint density at radius 3 is 2.93 bits per heavy atom. The molecule has 27 heavy (non-hydrogen) atoms. The predicted octanol–water partition coefficient (Wildman–Crippen LogP) is 5.00. The number of hydrogen-bond donors (Lipinski definition) is 1. The van der Waals surface area contributed by atoms with Crippen LogP contribution in [0.15, 0.2) is 41.9 Å². The number of nitrogens with zero attached hydrogens (tertiary/aromatic N) is 3. The summed E-state index contributed by atoms with van der Waals surface area (Å²) in [5.41, 5.74) is 3.11. The first-order valence-electron chi connectivity index (χ1n) is 9.54. The van der Waals surface area contributed by atoms with E-state index in [1.165, 1.54) is 24.8 Å². The summed E-state index contributed by atoms with van der Waals surface area (Å²) in [7, 11) is 0. The molecule has 2 heterocycles. The molecule has 0 aliphatic heterocycles. The predicted molar refractivity (Wildman–Crippen MR) is 109 cm³/mol. The lowest BCUT2D eigenvalue weighted by molar-refractivity contribution is -0.115. The maximum atomic E-state index is 12.5. The van der Waals surface area contributed by atoms with E-state index in [9.17, 15) is 4.79 Å². The smallest absolute Gasteiger partial charge is 0.231 e. The highest BCUT2D eigenvalue weighted by Crippen LogP contribution is 2.30. The van der Waals surface area contributed by atoms with Gasteiger partial charge in [-0.1, -0.05) is 43.0 Å². The van der Waals surface area contributed by atoms with Gasteiger partial charge in [0, 0.05) is 17.0 Å². The number of aromatic nitrogens is 3. The van der Waals surface area contributed by atoms with Gasteiger partial charge in [-0.3, -0.25) is 4.79 Å². The summed E-state index contributed by atoms with van der Waals surface area (Å²) in [6, 6.07) is 10.6. The summed E-state index contributed by atoms with van der Waals surface area (Å²) in [4.78, 5) is 17.2. The van der Waals surface area contributed by atoms with Gasteiger partial charge in [0.2, 0.25) is 5.91 Å². The van der Waals surface area contributed by atoms with E-state index in [1.807, 2.05) is 22.2 Å². The minimum Gasteiger partial charge on any atom is -0.311 e. The van der Waals surface area contributed by atoms with Gasteiger partial charge in [-0.2, -0.15) is 5.10 Å². The molecule has 6 heteroatoms. The van der Waals surface area contributed by atoms with E-state index in [-0.39, 0.29) is 12.3 Å². The molecule has 5 nitrogen and oxygen atoms in total. The first-order chi connectivity index (χ1) is 13.2. The number of nitrogens with one attached hydrogen (secondary N) is 1. The molecule has 1 aliphatic carbocycles. The average Bonchev–Trinajstić information content (AvgIpc) is 3.32. The van der Waals surface area contributed by atoms with Crippen LogP contribution in [0.4, 0.5) is 5.82 Å². The molecule has 0 bridgehead atoms. The molecule has 0 spiro atoms. The maximum absolute atomic E-state index is 12.5. The minimum atomic E-state index is -0.0475. The number of amides is 1. The Morgan fingerprint density at radius 1 is 1.26 bits per heavy atom. The third-order valence-electron chi connectivity index (χ3n) is 5.02. The molecule has 1 aromatic carbocycles. The molecule has 4 rings (SSSR count). The third kappa shape index (κ3) is 4.27. The summed E-state index contributed by atoms with van der Waals surface area (Å²) >= 11 is 1.58. The Balaban J connectivity index is 1.41. The number of anilines is 1. The zero-order valence-corrected chi connectivity index (χ0v) is 16.3. The van der Waals surface area contributed by atoms with Crippen molar-refractivity contribution < 1.29 is 4.79 Å². The number of carbonyl (C=O) groups excluding carboxylic acids is 1. The third-order valence-corrected chi connectivity index (χ3v) is 5.96. The van der Waals surface area contributed by atoms with Crippen LogP contribution in [0.1, 0.15) is 49.4 Å². The maximum Gasteiger partial charge on any atom is 0.231 e. The number of rotatable bonds is 5. The summed E-state index contributed by atoms with van der Waals surface area (Å²) in [5.74, 6) is 0.745. The molecular weight excluding hydrogens is 356 g/mol. The topological polar surface area (TPSA) is 59.8 Å². The summed E-state index contributed by atoms with van der Waals surface area (Å²) < 4.78 is 1.98. The molecule has 140 valence electrons. The van der Waals surface area contributed by atoms with Gasteiger partial charge < -0.3 is 5.32 Å². The summed E-state index contributed by atoms with van der Waals surface area (Å²) in [5, 5.41) is 10.4. The molecule has 0 unspecified atom stereocenters. The Labute approximate surface area is 163 Å². The monoisotopic (exact) mass is 380 g/mol. The highest BCUT2D eigenvalue weighted by molar-refractivity contribution is 7.13. The van der Waals surface area contributed by atoms with E-state index < -0.39 is 0 Å². The second-order valence-corrected chi connectivity index (χ2v) is 8.05. The fraction of sp³-hybridized carbons (Fsp3) is 0.381. The van der Waals surface area contributed by atoms with E-state index in [2.05, 4.69) is 40.5 Å². The van der Waals surface area contributed by atoms with Crippen LogP contribution in [-0.2, 0) is 11.2 Å². The van der Waals surface area contributed by atoms with Crippen molar-refractivity contribution in [1.29, 1.82) is 0 Å². The van der Waals surface area contributed by atoms with Crippen molar-refractivity contribution in [3.8, 4) is 10.6 Å². The van der Waals surface area contributed by atoms with Crippen molar-refractivity contribution in [2.45, 2.75) is 51.5 Å². The van der Waals surface area contributed by atoms with Gasteiger partial charge in [0.1, 0.15) is 10.8 Å². The van der Waals surface area contributed by atoms with E-state index in [4.69, 9.17) is 0 Å². The summed E-state index contributed by atoms with van der Waals surface area (Å²) in [6.07, 6.45) is 8.08. The van der Waals surface area contributed by atoms with Crippen molar-refractivity contribution in [1.82, 2.24) is 14.8 Å². The van der Waals surface area contributed by atoms with Crippen molar-refractivity contribution in [3.63, 3.8) is 0 Å². The fourth-order valence-corrected chi connectivity index (χ4v) is 4.50. The van der Waals surface area contributed by atoms with Crippen LogP contribution in [0.5, 0.6) is 0 Å². The molecule has 2 aromatic heterocycles. The minimum absolute atomic E-state index is 0.0475. The van der Waals surface area contributed by atoms with Crippen molar-refractivity contribution in [2.75, 3.05) is 5.32 Å². The lowest BCUT2D eigenvalue weighted by Gasteiger charge is -2.23. The van der Waals surface area contributed by atoms with Crippen LogP contribution in [0.3, 0.4) is 0 Å². The second kappa shape index (κ2) is 8.05. The second-order valence-electron chi connectivity index (χ2n) is 7.19. The Bertz CT molecular complexity index is 924. The van der Waals surface area contributed by atoms with Gasteiger partial charge in [-0.05, 0) is 25.8 Å². The van der Waals surface area contributed by atoms with Crippen molar-refractivity contribution >= 4 is 23.1 Å². The zero-order chi connectivity index (χ0) is 18.6. The Hall–Kier alpha value is -2.47. The van der Waals surface area contributed by atoms with Gasteiger partial charge in [0.05, 0.1) is 24.4 Å². The van der Waals surface area contributed by atoms with Gasteiger partial charge in [-0.15, -0.1) is 11.3 Å². The fourth-order valence-electron chi connectivity index (χ4n) is 3.68. The van der Waals surface area contributed by atoms with Gasteiger partial charge in [0.15, 0.2) is 0 Å². The standard InChI is InChI=1S/C21H24N4OS/c1-15-6-5-7-16(12-15)21-23-17(14-27-21)13-20(26)24-19-10-11-22-25(19)18-8-3-2-4-9-18/h5-7,10-12,14,18H,2-4,8-9,13H2,1H3,(H,24,26). The molecule has 0 saturated heterocycles. The van der Waals surface area contributed by atoms with Gasteiger partial charge in [0.25, 0.3) is 0 Å². The lowest BCUT2D eigenvalue weighted by Crippen LogP contribution is -2.21. The molecule has 3 aromatic rings. The number of carbonyl (C=O) groups is 1. The van der Waals surface area contributed by atoms with Crippen LogP contribution in [-0.4, -0.2) is 20.7 Å². The highest BCUT2D eigenvalue weighted by atomic mass is 32.1. The molecule has 1 amide bonds. The van der Waals surface area contributed by atoms with Crippen LogP contribution in [0, 0.1) is 6.92 Å². The van der Waals surface area contributed by atoms with Crippen LogP contribution < -0.4 is 5.32 Å². The van der Waals surface area contributed by atoms with Crippen molar-refractivity contribution in [2.24, 2.45) is 0 Å². The molecule has 1 fully saturated rings. The number of thiazole rings is 1. The van der Waals surface area contributed by atoms with E-state index in [0.717, 1.165) is 34.9 Å². The number of benzene rings is 1. The molecule has 0 atom stereocenters. The van der Waals surface area contributed by atoms with Crippen LogP contribution in [0.25, 0.3) is 10.6 Å². The Kier molecular flexibility index (Phi) is 5.34. The zero-order valence-electron chi connectivity index (χ0n) is 15.5.